The Balaban J connectivity index is 1.56. The number of nitrogens with zero attached hydrogens (tertiary/aromatic N) is 1. The number of hydrogen-bond acceptors (Lipinski definition) is 5. The first-order chi connectivity index (χ1) is 9.81. The molecule has 3 aromatic heterocycles. The van der Waals surface area contributed by atoms with Gasteiger partial charge in [-0.25, -0.2) is 4.98 Å². The highest BCUT2D eigenvalue weighted by molar-refractivity contribution is 7.16. The molecule has 20 heavy (non-hydrogen) atoms. The Hall–Kier alpha value is -1.92. The number of aromatic nitrogens is 1. The van der Waals surface area contributed by atoms with Crippen molar-refractivity contribution < 1.29 is 9.21 Å². The molecule has 0 aliphatic rings. The third-order valence-corrected chi connectivity index (χ3v) is 4.35. The van der Waals surface area contributed by atoms with E-state index in [2.05, 4.69) is 10.3 Å². The minimum absolute atomic E-state index is 0.0477. The Morgan fingerprint density at radius 3 is 3.00 bits per heavy atom. The van der Waals surface area contributed by atoms with Crippen LogP contribution in [0.4, 0.5) is 5.13 Å². The smallest absolute Gasteiger partial charge is 0.226 e. The Labute approximate surface area is 124 Å². The zero-order valence-corrected chi connectivity index (χ0v) is 12.2. The minimum atomic E-state index is -0.0477. The van der Waals surface area contributed by atoms with Crippen molar-refractivity contribution in [2.24, 2.45) is 0 Å². The van der Waals surface area contributed by atoms with Crippen molar-refractivity contribution in [3.63, 3.8) is 0 Å². The van der Waals surface area contributed by atoms with Crippen LogP contribution in [0.3, 0.4) is 0 Å². The van der Waals surface area contributed by atoms with E-state index in [4.69, 9.17) is 4.42 Å². The molecule has 0 aliphatic heterocycles. The van der Waals surface area contributed by atoms with E-state index in [9.17, 15) is 4.79 Å². The van der Waals surface area contributed by atoms with Crippen molar-refractivity contribution >= 4 is 33.7 Å². The largest absolute Gasteiger partial charge is 0.469 e. The van der Waals surface area contributed by atoms with Gasteiger partial charge in [0.15, 0.2) is 5.13 Å². The van der Waals surface area contributed by atoms with E-state index in [0.29, 0.717) is 18.0 Å². The van der Waals surface area contributed by atoms with Gasteiger partial charge in [0.2, 0.25) is 5.91 Å². The number of carbonyl (C=O) groups excluding carboxylic acids is 1. The second-order valence-electron chi connectivity index (χ2n) is 4.14. The number of rotatable bonds is 5. The van der Waals surface area contributed by atoms with Crippen LogP contribution in [0.15, 0.2) is 45.7 Å². The molecule has 3 heterocycles. The zero-order valence-electron chi connectivity index (χ0n) is 10.5. The molecule has 0 spiro atoms. The monoisotopic (exact) mass is 304 g/mol. The van der Waals surface area contributed by atoms with Crippen molar-refractivity contribution in [1.29, 1.82) is 0 Å². The van der Waals surface area contributed by atoms with Gasteiger partial charge in [-0.15, -0.1) is 22.7 Å². The van der Waals surface area contributed by atoms with Crippen LogP contribution in [0.5, 0.6) is 0 Å². The second kappa shape index (κ2) is 6.02. The Morgan fingerprint density at radius 2 is 2.25 bits per heavy atom. The van der Waals surface area contributed by atoms with Crippen LogP contribution < -0.4 is 5.32 Å². The molecule has 0 unspecified atom stereocenters. The van der Waals surface area contributed by atoms with Gasteiger partial charge in [-0.05, 0) is 23.6 Å². The standard InChI is InChI=1S/C14H12N2O2S2/c17-13(6-5-10-3-1-7-18-10)16-14-15-11(9-20-14)12-4-2-8-19-12/h1-4,7-9H,5-6H2,(H,15,16,17). The number of thiazole rings is 1. The van der Waals surface area contributed by atoms with Crippen LogP contribution >= 0.6 is 22.7 Å². The highest BCUT2D eigenvalue weighted by Gasteiger charge is 2.09. The van der Waals surface area contributed by atoms with E-state index in [1.54, 1.807) is 17.6 Å². The maximum Gasteiger partial charge on any atom is 0.226 e. The molecule has 0 radical (unpaired) electrons. The first-order valence-corrected chi connectivity index (χ1v) is 7.89. The summed E-state index contributed by atoms with van der Waals surface area (Å²) < 4.78 is 5.20. The predicted molar refractivity (Wildman–Crippen MR) is 81.1 cm³/mol. The van der Waals surface area contributed by atoms with E-state index in [1.807, 2.05) is 35.0 Å². The van der Waals surface area contributed by atoms with E-state index >= 15 is 0 Å². The number of nitrogens with one attached hydrogen (secondary N) is 1. The number of furan rings is 1. The van der Waals surface area contributed by atoms with Crippen molar-refractivity contribution in [1.82, 2.24) is 4.98 Å². The summed E-state index contributed by atoms with van der Waals surface area (Å²) in [6, 6.07) is 7.69. The van der Waals surface area contributed by atoms with Gasteiger partial charge >= 0.3 is 0 Å². The fraction of sp³-hybridized carbons (Fsp3) is 0.143. The summed E-state index contributed by atoms with van der Waals surface area (Å²) in [5, 5.41) is 7.42. The number of aryl methyl sites for hydroxylation is 1. The van der Waals surface area contributed by atoms with Gasteiger partial charge < -0.3 is 9.73 Å². The average Bonchev–Trinajstić information content (AvgIpc) is 3.18. The molecule has 0 aromatic carbocycles. The fourth-order valence-electron chi connectivity index (χ4n) is 1.74. The summed E-state index contributed by atoms with van der Waals surface area (Å²) >= 11 is 3.08. The van der Waals surface area contributed by atoms with Crippen LogP contribution in [-0.4, -0.2) is 10.9 Å². The molecule has 6 heteroatoms. The van der Waals surface area contributed by atoms with E-state index in [-0.39, 0.29) is 5.91 Å². The lowest BCUT2D eigenvalue weighted by molar-refractivity contribution is -0.116. The number of hydrogen-bond donors (Lipinski definition) is 1. The number of carbonyl (C=O) groups is 1. The Kier molecular flexibility index (Phi) is 3.94. The fourth-order valence-corrected chi connectivity index (χ4v) is 3.23. The predicted octanol–water partition coefficient (Wildman–Crippen LogP) is 4.04. The zero-order chi connectivity index (χ0) is 13.8. The maximum absolute atomic E-state index is 11.8. The summed E-state index contributed by atoms with van der Waals surface area (Å²) in [7, 11) is 0. The van der Waals surface area contributed by atoms with Crippen molar-refractivity contribution in [2.75, 3.05) is 5.32 Å². The minimum Gasteiger partial charge on any atom is -0.469 e. The van der Waals surface area contributed by atoms with E-state index in [1.165, 1.54) is 11.3 Å². The molecular formula is C14H12N2O2S2. The first-order valence-electron chi connectivity index (χ1n) is 6.13. The van der Waals surface area contributed by atoms with Gasteiger partial charge in [0.25, 0.3) is 0 Å². The van der Waals surface area contributed by atoms with Gasteiger partial charge in [-0.2, -0.15) is 0 Å². The SMILES string of the molecule is O=C(CCc1ccco1)Nc1nc(-c2cccs2)cs1. The van der Waals surface area contributed by atoms with Crippen molar-refractivity contribution in [3.8, 4) is 10.6 Å². The Morgan fingerprint density at radius 1 is 1.30 bits per heavy atom. The quantitative estimate of drug-likeness (QED) is 0.774. The summed E-state index contributed by atoms with van der Waals surface area (Å²) in [5.41, 5.74) is 0.909. The average molecular weight is 304 g/mol. The summed E-state index contributed by atoms with van der Waals surface area (Å²) in [6.45, 7) is 0. The molecular weight excluding hydrogens is 292 g/mol. The topological polar surface area (TPSA) is 55.1 Å². The molecule has 0 atom stereocenters. The van der Waals surface area contributed by atoms with Crippen LogP contribution in [0.2, 0.25) is 0 Å². The summed E-state index contributed by atoms with van der Waals surface area (Å²) in [4.78, 5) is 17.3. The Bertz CT molecular complexity index is 672. The van der Waals surface area contributed by atoms with Crippen molar-refractivity contribution in [3.05, 3.63) is 47.0 Å². The molecule has 0 saturated carbocycles. The van der Waals surface area contributed by atoms with Crippen LogP contribution in [0, 0.1) is 0 Å². The lowest BCUT2D eigenvalue weighted by Gasteiger charge is -1.99. The third kappa shape index (κ3) is 3.15. The summed E-state index contributed by atoms with van der Waals surface area (Å²) in [6.07, 6.45) is 2.60. The van der Waals surface area contributed by atoms with E-state index in [0.717, 1.165) is 16.3 Å². The maximum atomic E-state index is 11.8. The lowest BCUT2D eigenvalue weighted by Crippen LogP contribution is -2.11. The number of amides is 1. The molecule has 4 nitrogen and oxygen atoms in total. The molecule has 0 fully saturated rings. The van der Waals surface area contributed by atoms with Crippen LogP contribution in [0.25, 0.3) is 10.6 Å². The molecule has 1 amide bonds. The normalized spacial score (nSPS) is 10.6. The second-order valence-corrected chi connectivity index (χ2v) is 5.95. The van der Waals surface area contributed by atoms with Gasteiger partial charge in [0.1, 0.15) is 5.76 Å². The summed E-state index contributed by atoms with van der Waals surface area (Å²) in [5.74, 6) is 0.770. The number of anilines is 1. The number of thiophene rings is 1. The molecule has 3 rings (SSSR count). The van der Waals surface area contributed by atoms with Gasteiger partial charge in [-0.1, -0.05) is 6.07 Å². The van der Waals surface area contributed by atoms with Crippen molar-refractivity contribution in [2.45, 2.75) is 12.8 Å². The molecule has 0 saturated heterocycles. The molecule has 0 bridgehead atoms. The van der Waals surface area contributed by atoms with Gasteiger partial charge in [0, 0.05) is 18.2 Å². The van der Waals surface area contributed by atoms with E-state index < -0.39 is 0 Å². The van der Waals surface area contributed by atoms with Crippen LogP contribution in [-0.2, 0) is 11.2 Å². The van der Waals surface area contributed by atoms with Gasteiger partial charge in [0.05, 0.1) is 16.8 Å². The first kappa shape index (κ1) is 13.1. The molecule has 0 aliphatic carbocycles. The molecule has 102 valence electrons. The third-order valence-electron chi connectivity index (χ3n) is 2.70. The lowest BCUT2D eigenvalue weighted by atomic mass is 10.2. The van der Waals surface area contributed by atoms with Crippen LogP contribution in [0.1, 0.15) is 12.2 Å². The molecule has 1 N–H and O–H groups in total. The molecule has 3 aromatic rings. The highest BCUT2D eigenvalue weighted by atomic mass is 32.1. The highest BCUT2D eigenvalue weighted by Crippen LogP contribution is 2.28. The van der Waals surface area contributed by atoms with Gasteiger partial charge in [-0.3, -0.25) is 4.79 Å².